The Morgan fingerprint density at radius 1 is 1.10 bits per heavy atom. The summed E-state index contributed by atoms with van der Waals surface area (Å²) in [6.45, 7) is 1.73. The zero-order valence-corrected chi connectivity index (χ0v) is 10.6. The number of rotatable bonds is 2. The van der Waals surface area contributed by atoms with E-state index >= 15 is 0 Å². The maximum Gasteiger partial charge on any atom is 0.416 e. The number of halogens is 4. The highest BCUT2D eigenvalue weighted by Gasteiger charge is 2.31. The Morgan fingerprint density at radius 2 is 1.80 bits per heavy atom. The first kappa shape index (κ1) is 14.2. The predicted octanol–water partition coefficient (Wildman–Crippen LogP) is 4.48. The van der Waals surface area contributed by atoms with Gasteiger partial charge in [-0.3, -0.25) is 0 Å². The third-order valence-electron chi connectivity index (χ3n) is 2.86. The summed E-state index contributed by atoms with van der Waals surface area (Å²) in [5.41, 5.74) is 5.99. The second kappa shape index (κ2) is 5.03. The Hall–Kier alpha value is -2.24. The summed E-state index contributed by atoms with van der Waals surface area (Å²) in [4.78, 5) is 0. The number of nitrogens with one attached hydrogen (secondary N) is 1. The van der Waals surface area contributed by atoms with Crippen LogP contribution in [0.4, 0.5) is 34.6 Å². The maximum atomic E-state index is 13.6. The average Bonchev–Trinajstić information content (AvgIpc) is 2.34. The quantitative estimate of drug-likeness (QED) is 0.630. The number of hydrogen-bond acceptors (Lipinski definition) is 2. The number of nitrogens with two attached hydrogens (primary N) is 1. The molecular weight excluding hydrogens is 272 g/mol. The number of anilines is 3. The van der Waals surface area contributed by atoms with Crippen molar-refractivity contribution in [2.75, 3.05) is 11.1 Å². The number of benzene rings is 2. The van der Waals surface area contributed by atoms with Crippen LogP contribution >= 0.6 is 0 Å². The number of para-hydroxylation sites is 1. The van der Waals surface area contributed by atoms with E-state index in [1.54, 1.807) is 25.1 Å². The third kappa shape index (κ3) is 2.84. The largest absolute Gasteiger partial charge is 0.416 e. The van der Waals surface area contributed by atoms with Gasteiger partial charge in [0.05, 0.1) is 22.6 Å². The molecule has 0 aliphatic carbocycles. The Labute approximate surface area is 113 Å². The SMILES string of the molecule is Cc1cccc(N)c1Nc1cc(C(F)(F)F)ccc1F. The summed E-state index contributed by atoms with van der Waals surface area (Å²) in [5.74, 6) is -0.777. The van der Waals surface area contributed by atoms with Crippen molar-refractivity contribution >= 4 is 17.1 Å². The van der Waals surface area contributed by atoms with E-state index < -0.39 is 17.6 Å². The Kier molecular flexibility index (Phi) is 3.57. The number of nitrogen functional groups attached to an aromatic ring is 1. The van der Waals surface area contributed by atoms with Gasteiger partial charge in [0.15, 0.2) is 0 Å². The lowest BCUT2D eigenvalue weighted by atomic mass is 10.1. The van der Waals surface area contributed by atoms with Gasteiger partial charge in [-0.1, -0.05) is 12.1 Å². The number of hydrogen-bond donors (Lipinski definition) is 2. The highest BCUT2D eigenvalue weighted by atomic mass is 19.4. The molecule has 0 fully saturated rings. The molecule has 0 aliphatic rings. The highest BCUT2D eigenvalue weighted by Crippen LogP contribution is 2.34. The second-order valence-corrected chi connectivity index (χ2v) is 4.36. The molecule has 2 nitrogen and oxygen atoms in total. The van der Waals surface area contributed by atoms with Crippen molar-refractivity contribution in [3.63, 3.8) is 0 Å². The molecule has 0 heterocycles. The van der Waals surface area contributed by atoms with Crippen LogP contribution in [0, 0.1) is 12.7 Å². The van der Waals surface area contributed by atoms with Crippen LogP contribution in [0.15, 0.2) is 36.4 Å². The smallest absolute Gasteiger partial charge is 0.397 e. The van der Waals surface area contributed by atoms with Crippen molar-refractivity contribution in [1.82, 2.24) is 0 Å². The van der Waals surface area contributed by atoms with Crippen molar-refractivity contribution < 1.29 is 17.6 Å². The van der Waals surface area contributed by atoms with E-state index in [0.717, 1.165) is 12.1 Å². The van der Waals surface area contributed by atoms with Crippen molar-refractivity contribution in [2.24, 2.45) is 0 Å². The van der Waals surface area contributed by atoms with E-state index in [4.69, 9.17) is 5.73 Å². The van der Waals surface area contributed by atoms with Gasteiger partial charge in [0.1, 0.15) is 5.82 Å². The van der Waals surface area contributed by atoms with Gasteiger partial charge in [-0.05, 0) is 36.8 Å². The second-order valence-electron chi connectivity index (χ2n) is 4.36. The fourth-order valence-corrected chi connectivity index (χ4v) is 1.79. The molecule has 20 heavy (non-hydrogen) atoms. The molecule has 0 radical (unpaired) electrons. The van der Waals surface area contributed by atoms with Crippen molar-refractivity contribution in [2.45, 2.75) is 13.1 Å². The van der Waals surface area contributed by atoms with Crippen LogP contribution in [-0.2, 0) is 6.18 Å². The molecular formula is C14H12F4N2. The average molecular weight is 284 g/mol. The molecule has 6 heteroatoms. The van der Waals surface area contributed by atoms with Crippen LogP contribution in [0.25, 0.3) is 0 Å². The molecule has 0 atom stereocenters. The monoisotopic (exact) mass is 284 g/mol. The molecule has 0 saturated carbocycles. The van der Waals surface area contributed by atoms with Gasteiger partial charge in [0.2, 0.25) is 0 Å². The molecule has 0 aliphatic heterocycles. The Balaban J connectivity index is 2.43. The molecule has 2 aromatic rings. The minimum absolute atomic E-state index is 0.263. The van der Waals surface area contributed by atoms with E-state index in [0.29, 0.717) is 23.0 Å². The minimum atomic E-state index is -4.53. The van der Waals surface area contributed by atoms with Gasteiger partial charge in [0.25, 0.3) is 0 Å². The van der Waals surface area contributed by atoms with Crippen molar-refractivity contribution in [3.05, 3.63) is 53.3 Å². The summed E-state index contributed by atoms with van der Waals surface area (Å²) in [6, 6.07) is 7.21. The van der Waals surface area contributed by atoms with E-state index in [2.05, 4.69) is 5.32 Å². The van der Waals surface area contributed by atoms with Gasteiger partial charge >= 0.3 is 6.18 Å². The van der Waals surface area contributed by atoms with E-state index in [1.807, 2.05) is 0 Å². The van der Waals surface area contributed by atoms with Crippen LogP contribution in [0.2, 0.25) is 0 Å². The molecule has 0 saturated heterocycles. The molecule has 0 aromatic heterocycles. The predicted molar refractivity (Wildman–Crippen MR) is 70.3 cm³/mol. The minimum Gasteiger partial charge on any atom is -0.397 e. The van der Waals surface area contributed by atoms with Gasteiger partial charge in [-0.25, -0.2) is 4.39 Å². The zero-order chi connectivity index (χ0) is 14.9. The first-order chi connectivity index (χ1) is 9.29. The maximum absolute atomic E-state index is 13.6. The fourth-order valence-electron chi connectivity index (χ4n) is 1.79. The van der Waals surface area contributed by atoms with Gasteiger partial charge < -0.3 is 11.1 Å². The number of alkyl halides is 3. The zero-order valence-electron chi connectivity index (χ0n) is 10.6. The lowest BCUT2D eigenvalue weighted by Gasteiger charge is -2.15. The first-order valence-electron chi connectivity index (χ1n) is 5.78. The number of aryl methyl sites for hydroxylation is 1. The molecule has 0 unspecified atom stereocenters. The molecule has 3 N–H and O–H groups in total. The van der Waals surface area contributed by atoms with Crippen molar-refractivity contribution in [1.29, 1.82) is 0 Å². The first-order valence-corrected chi connectivity index (χ1v) is 5.78. The highest BCUT2D eigenvalue weighted by molar-refractivity contribution is 5.76. The van der Waals surface area contributed by atoms with Crippen molar-refractivity contribution in [3.8, 4) is 0 Å². The normalized spacial score (nSPS) is 11.4. The third-order valence-corrected chi connectivity index (χ3v) is 2.86. The molecule has 2 rings (SSSR count). The van der Waals surface area contributed by atoms with Crippen LogP contribution in [-0.4, -0.2) is 0 Å². The van der Waals surface area contributed by atoms with Crippen LogP contribution in [0.3, 0.4) is 0 Å². The topological polar surface area (TPSA) is 38.0 Å². The fraction of sp³-hybridized carbons (Fsp3) is 0.143. The van der Waals surface area contributed by atoms with Crippen LogP contribution < -0.4 is 11.1 Å². The van der Waals surface area contributed by atoms with Crippen LogP contribution in [0.5, 0.6) is 0 Å². The molecule has 0 amide bonds. The summed E-state index contributed by atoms with van der Waals surface area (Å²) >= 11 is 0. The Morgan fingerprint density at radius 3 is 2.40 bits per heavy atom. The van der Waals surface area contributed by atoms with E-state index in [9.17, 15) is 17.6 Å². The van der Waals surface area contributed by atoms with Gasteiger partial charge in [0, 0.05) is 0 Å². The lowest BCUT2D eigenvalue weighted by molar-refractivity contribution is -0.137. The molecule has 0 bridgehead atoms. The van der Waals surface area contributed by atoms with Gasteiger partial charge in [-0.2, -0.15) is 13.2 Å². The Bertz CT molecular complexity index is 615. The molecule has 106 valence electrons. The van der Waals surface area contributed by atoms with E-state index in [1.165, 1.54) is 0 Å². The summed E-state index contributed by atoms with van der Waals surface area (Å²) in [6.07, 6.45) is -4.53. The molecule has 0 spiro atoms. The standard InChI is InChI=1S/C14H12F4N2/c1-8-3-2-4-11(19)13(8)20-12-7-9(14(16,17)18)5-6-10(12)15/h2-7,20H,19H2,1H3. The summed E-state index contributed by atoms with van der Waals surface area (Å²) in [5, 5.41) is 2.62. The summed E-state index contributed by atoms with van der Waals surface area (Å²) < 4.78 is 51.5. The lowest BCUT2D eigenvalue weighted by Crippen LogP contribution is -2.07. The van der Waals surface area contributed by atoms with Crippen LogP contribution in [0.1, 0.15) is 11.1 Å². The van der Waals surface area contributed by atoms with Gasteiger partial charge in [-0.15, -0.1) is 0 Å². The van der Waals surface area contributed by atoms with E-state index in [-0.39, 0.29) is 5.69 Å². The summed E-state index contributed by atoms with van der Waals surface area (Å²) in [7, 11) is 0. The molecule has 2 aromatic carbocycles.